The van der Waals surface area contributed by atoms with Crippen molar-refractivity contribution < 1.29 is 17.5 Å². The van der Waals surface area contributed by atoms with E-state index in [0.717, 1.165) is 72.9 Å². The van der Waals surface area contributed by atoms with Gasteiger partial charge >= 0.3 is 0 Å². The van der Waals surface area contributed by atoms with E-state index < -0.39 is 21.9 Å². The molecule has 0 bridgehead atoms. The molecule has 200 valence electrons. The Morgan fingerprint density at radius 2 is 1.86 bits per heavy atom. The minimum absolute atomic E-state index is 0.0414. The maximum atomic E-state index is 15.7. The molecular formula is C29H38FN3O3S. The molecule has 8 heteroatoms. The summed E-state index contributed by atoms with van der Waals surface area (Å²) < 4.78 is 49.8. The molecule has 37 heavy (non-hydrogen) atoms. The molecule has 2 N–H and O–H groups in total. The zero-order valence-corrected chi connectivity index (χ0v) is 22.8. The molecule has 0 spiro atoms. The number of H-pyrrole nitrogens is 1. The number of nitrogens with one attached hydrogen (secondary N) is 2. The summed E-state index contributed by atoms with van der Waals surface area (Å²) in [6.45, 7) is 4.75. The Morgan fingerprint density at radius 1 is 1.08 bits per heavy atom. The molecule has 0 saturated heterocycles. The van der Waals surface area contributed by atoms with Gasteiger partial charge in [0.15, 0.2) is 0 Å². The predicted molar refractivity (Wildman–Crippen MR) is 145 cm³/mol. The Hall–Kier alpha value is -2.42. The molecule has 2 aromatic carbocycles. The lowest BCUT2D eigenvalue weighted by atomic mass is 9.90. The molecule has 1 fully saturated rings. The van der Waals surface area contributed by atoms with Crippen molar-refractivity contribution in [2.75, 3.05) is 13.7 Å². The van der Waals surface area contributed by atoms with E-state index >= 15 is 4.39 Å². The Bertz CT molecular complexity index is 1370. The largest absolute Gasteiger partial charge is 0.497 e. The monoisotopic (exact) mass is 527 g/mol. The van der Waals surface area contributed by atoms with Crippen LogP contribution in [0.3, 0.4) is 0 Å². The lowest BCUT2D eigenvalue weighted by Crippen LogP contribution is -2.38. The highest BCUT2D eigenvalue weighted by molar-refractivity contribution is 7.89. The fraction of sp³-hybridized carbons (Fsp3) is 0.517. The van der Waals surface area contributed by atoms with Gasteiger partial charge in [-0.25, -0.2) is 12.8 Å². The van der Waals surface area contributed by atoms with Gasteiger partial charge in [0, 0.05) is 40.8 Å². The number of rotatable bonds is 11. The summed E-state index contributed by atoms with van der Waals surface area (Å²) in [7, 11) is -2.10. The molecule has 1 aromatic heterocycles. The van der Waals surface area contributed by atoms with Gasteiger partial charge < -0.3 is 15.0 Å². The van der Waals surface area contributed by atoms with Gasteiger partial charge in [-0.15, -0.1) is 0 Å². The third kappa shape index (κ3) is 5.29. The van der Waals surface area contributed by atoms with Gasteiger partial charge in [0.25, 0.3) is 0 Å². The molecule has 1 saturated carbocycles. The smallest absolute Gasteiger partial charge is 0.243 e. The maximum absolute atomic E-state index is 15.7. The topological polar surface area (TPSA) is 74.4 Å². The van der Waals surface area contributed by atoms with Crippen molar-refractivity contribution in [1.82, 2.24) is 14.6 Å². The average molecular weight is 528 g/mol. The molecule has 1 unspecified atom stereocenters. The summed E-state index contributed by atoms with van der Waals surface area (Å²) in [4.78, 5) is 3.52. The summed E-state index contributed by atoms with van der Waals surface area (Å²) in [6.07, 6.45) is 7.87. The van der Waals surface area contributed by atoms with Crippen molar-refractivity contribution in [2.45, 2.75) is 88.2 Å². The lowest BCUT2D eigenvalue weighted by molar-refractivity contribution is 0.389. The van der Waals surface area contributed by atoms with Gasteiger partial charge in [0.05, 0.1) is 18.0 Å². The normalized spacial score (nSPS) is 19.9. The quantitative estimate of drug-likeness (QED) is 0.297. The van der Waals surface area contributed by atoms with E-state index in [2.05, 4.69) is 24.1 Å². The number of hydrogen-bond donors (Lipinski definition) is 2. The van der Waals surface area contributed by atoms with Crippen LogP contribution < -0.4 is 10.1 Å². The second-order valence-electron chi connectivity index (χ2n) is 10.6. The number of methoxy groups -OCH3 is 1. The number of sulfonamides is 1. The van der Waals surface area contributed by atoms with E-state index in [-0.39, 0.29) is 17.0 Å². The number of benzene rings is 2. The molecule has 5 rings (SSSR count). The Kier molecular flexibility index (Phi) is 7.61. The molecule has 2 atom stereocenters. The zero-order valence-electron chi connectivity index (χ0n) is 22.0. The van der Waals surface area contributed by atoms with Crippen LogP contribution in [0.1, 0.15) is 81.7 Å². The molecule has 0 amide bonds. The van der Waals surface area contributed by atoms with Crippen molar-refractivity contribution >= 4 is 20.9 Å². The lowest BCUT2D eigenvalue weighted by Gasteiger charge is -2.30. The number of aromatic nitrogens is 1. The van der Waals surface area contributed by atoms with Crippen LogP contribution in [-0.4, -0.2) is 43.4 Å². The van der Waals surface area contributed by atoms with Crippen LogP contribution in [0, 0.1) is 5.82 Å². The van der Waals surface area contributed by atoms with Crippen LogP contribution in [0.5, 0.6) is 5.75 Å². The fourth-order valence-corrected chi connectivity index (χ4v) is 7.33. The standard InChI is InChI=1S/C29H38FN3O3S/c1-4-5-6-7-8-15-33(20-9-10-20)37(34,35)22-12-13-23(26(30)18-22)28-29-25(16-19(2)31-28)24-17-21(36-3)11-14-27(24)32-29/h11-14,17-20,28,31-32H,4-10,15-16H2,1-3H3/t19-,28?/m0/s1. The number of fused-ring (bicyclic) bond motifs is 3. The maximum Gasteiger partial charge on any atom is 0.243 e. The van der Waals surface area contributed by atoms with Gasteiger partial charge in [0.2, 0.25) is 10.0 Å². The second kappa shape index (κ2) is 10.8. The van der Waals surface area contributed by atoms with Crippen molar-refractivity contribution in [3.05, 3.63) is 59.0 Å². The van der Waals surface area contributed by atoms with Crippen LogP contribution in [-0.2, 0) is 16.4 Å². The van der Waals surface area contributed by atoms with E-state index in [0.29, 0.717) is 12.1 Å². The second-order valence-corrected chi connectivity index (χ2v) is 12.5. The van der Waals surface area contributed by atoms with Crippen LogP contribution >= 0.6 is 0 Å². The van der Waals surface area contributed by atoms with E-state index in [1.807, 2.05) is 18.2 Å². The Labute approximate surface area is 219 Å². The molecule has 3 aromatic rings. The summed E-state index contributed by atoms with van der Waals surface area (Å²) in [5.74, 6) is 0.275. The van der Waals surface area contributed by atoms with Gasteiger partial charge in [-0.05, 0) is 68.5 Å². The summed E-state index contributed by atoms with van der Waals surface area (Å²) in [5.41, 5.74) is 3.49. The molecule has 6 nitrogen and oxygen atoms in total. The zero-order chi connectivity index (χ0) is 26.2. The average Bonchev–Trinajstić information content (AvgIpc) is 3.65. The third-order valence-corrected chi connectivity index (χ3v) is 9.67. The molecule has 2 aliphatic rings. The first kappa shape index (κ1) is 26.2. The number of unbranched alkanes of at least 4 members (excludes halogenated alkanes) is 4. The molecule has 1 aliphatic carbocycles. The number of halogens is 1. The van der Waals surface area contributed by atoms with E-state index in [1.165, 1.54) is 12.5 Å². The van der Waals surface area contributed by atoms with Gasteiger partial charge in [-0.1, -0.05) is 38.7 Å². The fourth-order valence-electron chi connectivity index (χ4n) is 5.59. The number of ether oxygens (including phenoxy) is 1. The molecule has 0 radical (unpaired) electrons. The number of aromatic amines is 1. The minimum Gasteiger partial charge on any atom is -0.497 e. The van der Waals surface area contributed by atoms with Crippen LogP contribution in [0.4, 0.5) is 4.39 Å². The Morgan fingerprint density at radius 3 is 2.57 bits per heavy atom. The summed E-state index contributed by atoms with van der Waals surface area (Å²) in [5, 5.41) is 4.59. The van der Waals surface area contributed by atoms with Crippen molar-refractivity contribution in [3.8, 4) is 5.75 Å². The summed E-state index contributed by atoms with van der Waals surface area (Å²) >= 11 is 0. The first-order valence-electron chi connectivity index (χ1n) is 13.6. The minimum atomic E-state index is -3.75. The van der Waals surface area contributed by atoms with E-state index in [4.69, 9.17) is 4.74 Å². The van der Waals surface area contributed by atoms with Crippen LogP contribution in [0.15, 0.2) is 41.3 Å². The highest BCUT2D eigenvalue weighted by atomic mass is 32.2. The van der Waals surface area contributed by atoms with Gasteiger partial charge in [-0.2, -0.15) is 4.31 Å². The number of hydrogen-bond acceptors (Lipinski definition) is 4. The van der Waals surface area contributed by atoms with Crippen molar-refractivity contribution in [2.24, 2.45) is 0 Å². The first-order chi connectivity index (χ1) is 17.8. The molecule has 1 aliphatic heterocycles. The predicted octanol–water partition coefficient (Wildman–Crippen LogP) is 6.06. The van der Waals surface area contributed by atoms with Crippen LogP contribution in [0.25, 0.3) is 10.9 Å². The van der Waals surface area contributed by atoms with Crippen molar-refractivity contribution in [1.29, 1.82) is 0 Å². The molecular weight excluding hydrogens is 489 g/mol. The van der Waals surface area contributed by atoms with Gasteiger partial charge in [0.1, 0.15) is 11.6 Å². The highest BCUT2D eigenvalue weighted by Crippen LogP contribution is 2.38. The first-order valence-corrected chi connectivity index (χ1v) is 15.0. The Balaban J connectivity index is 1.43. The van der Waals surface area contributed by atoms with E-state index in [1.54, 1.807) is 23.5 Å². The van der Waals surface area contributed by atoms with Crippen molar-refractivity contribution in [3.63, 3.8) is 0 Å². The highest BCUT2D eigenvalue weighted by Gasteiger charge is 2.38. The van der Waals surface area contributed by atoms with Crippen LogP contribution in [0.2, 0.25) is 0 Å². The SMILES string of the molecule is CCCCCCCN(C1CC1)S(=O)(=O)c1ccc(C2N[C@@H](C)Cc3c2[nH]c2ccc(OC)cc32)c(F)c1. The molecule has 2 heterocycles. The third-order valence-electron chi connectivity index (χ3n) is 7.72. The van der Waals surface area contributed by atoms with E-state index in [9.17, 15) is 8.42 Å². The summed E-state index contributed by atoms with van der Waals surface area (Å²) in [6, 6.07) is 10.1. The van der Waals surface area contributed by atoms with Gasteiger partial charge in [-0.3, -0.25) is 0 Å². The number of nitrogens with zero attached hydrogens (tertiary/aromatic N) is 1.